The smallest absolute Gasteiger partial charge is 0.123 e. The summed E-state index contributed by atoms with van der Waals surface area (Å²) in [5.74, 6) is -0.156. The summed E-state index contributed by atoms with van der Waals surface area (Å²) in [7, 11) is 0. The fourth-order valence-corrected chi connectivity index (χ4v) is 4.04. The van der Waals surface area contributed by atoms with E-state index in [1.54, 1.807) is 12.1 Å². The normalized spacial score (nSPS) is 24.3. The molecule has 1 nitrogen and oxygen atoms in total. The predicted octanol–water partition coefficient (Wildman–Crippen LogP) is 5.04. The van der Waals surface area contributed by atoms with Crippen LogP contribution in [0.1, 0.15) is 36.8 Å². The van der Waals surface area contributed by atoms with Crippen LogP contribution in [-0.4, -0.2) is 17.0 Å². The van der Waals surface area contributed by atoms with Crippen LogP contribution in [0.3, 0.4) is 0 Å². The van der Waals surface area contributed by atoms with Crippen molar-refractivity contribution in [2.75, 3.05) is 0 Å². The lowest BCUT2D eigenvalue weighted by Crippen LogP contribution is -2.47. The van der Waals surface area contributed by atoms with E-state index in [9.17, 15) is 4.39 Å². The lowest BCUT2D eigenvalue weighted by molar-refractivity contribution is 0.0951. The molecule has 1 saturated heterocycles. The molecular weight excluding hydrogens is 285 g/mol. The Morgan fingerprint density at radius 1 is 0.957 bits per heavy atom. The van der Waals surface area contributed by atoms with Gasteiger partial charge in [-0.25, -0.2) is 4.39 Å². The molecule has 0 spiro atoms. The van der Waals surface area contributed by atoms with E-state index in [2.05, 4.69) is 41.3 Å². The highest BCUT2D eigenvalue weighted by Crippen LogP contribution is 2.37. The van der Waals surface area contributed by atoms with Gasteiger partial charge in [0.05, 0.1) is 0 Å². The second-order valence-corrected chi connectivity index (χ2v) is 6.71. The van der Waals surface area contributed by atoms with Crippen molar-refractivity contribution in [3.63, 3.8) is 0 Å². The first-order chi connectivity index (χ1) is 11.3. The van der Waals surface area contributed by atoms with Crippen LogP contribution in [0.2, 0.25) is 0 Å². The summed E-state index contributed by atoms with van der Waals surface area (Å²) in [6.45, 7) is 1.03. The van der Waals surface area contributed by atoms with E-state index in [1.165, 1.54) is 36.0 Å². The van der Waals surface area contributed by atoms with E-state index in [0.717, 1.165) is 13.0 Å². The highest BCUT2D eigenvalue weighted by atomic mass is 19.1. The molecule has 2 heteroatoms. The molecule has 0 aliphatic carbocycles. The van der Waals surface area contributed by atoms with Crippen molar-refractivity contribution in [2.24, 2.45) is 0 Å². The number of benzene rings is 2. The Balaban J connectivity index is 1.59. The van der Waals surface area contributed by atoms with Gasteiger partial charge in [0.25, 0.3) is 0 Å². The predicted molar refractivity (Wildman–Crippen MR) is 92.4 cm³/mol. The van der Waals surface area contributed by atoms with E-state index in [-0.39, 0.29) is 5.82 Å². The Morgan fingerprint density at radius 3 is 2.48 bits per heavy atom. The monoisotopic (exact) mass is 307 g/mol. The maximum atomic E-state index is 13.2. The topological polar surface area (TPSA) is 3.24 Å². The molecule has 2 aliphatic rings. The van der Waals surface area contributed by atoms with Crippen molar-refractivity contribution < 1.29 is 4.39 Å². The van der Waals surface area contributed by atoms with Crippen molar-refractivity contribution in [2.45, 2.75) is 44.3 Å². The van der Waals surface area contributed by atoms with Gasteiger partial charge < -0.3 is 0 Å². The first kappa shape index (κ1) is 14.6. The SMILES string of the molecule is Fc1ccc(C2=CC3CCCC(C2)N3Cc2ccccc2)cc1. The van der Waals surface area contributed by atoms with Gasteiger partial charge in [-0.3, -0.25) is 4.90 Å². The Labute approximate surface area is 137 Å². The summed E-state index contributed by atoms with van der Waals surface area (Å²) < 4.78 is 13.2. The molecule has 2 bridgehead atoms. The molecule has 0 saturated carbocycles. The van der Waals surface area contributed by atoms with Crippen LogP contribution in [0, 0.1) is 5.82 Å². The third-order valence-corrected chi connectivity index (χ3v) is 5.20. The van der Waals surface area contributed by atoms with Gasteiger partial charge in [0.2, 0.25) is 0 Å². The van der Waals surface area contributed by atoms with Gasteiger partial charge in [0.15, 0.2) is 0 Å². The number of hydrogen-bond acceptors (Lipinski definition) is 1. The summed E-state index contributed by atoms with van der Waals surface area (Å²) >= 11 is 0. The average molecular weight is 307 g/mol. The van der Waals surface area contributed by atoms with Crippen molar-refractivity contribution >= 4 is 5.57 Å². The third-order valence-electron chi connectivity index (χ3n) is 5.20. The fraction of sp³-hybridized carbons (Fsp3) is 0.333. The number of piperidine rings is 1. The standard InChI is InChI=1S/C21H22FN/c22-19-11-9-17(10-12-19)18-13-20-7-4-8-21(14-18)23(20)15-16-5-2-1-3-6-16/h1-3,5-6,9-13,20-21H,4,7-8,14-15H2. The fourth-order valence-electron chi connectivity index (χ4n) is 4.04. The summed E-state index contributed by atoms with van der Waals surface area (Å²) in [4.78, 5) is 2.66. The van der Waals surface area contributed by atoms with Crippen LogP contribution in [-0.2, 0) is 6.54 Å². The zero-order valence-corrected chi connectivity index (χ0v) is 13.3. The van der Waals surface area contributed by atoms with Crippen LogP contribution in [0.4, 0.5) is 4.39 Å². The largest absolute Gasteiger partial charge is 0.289 e. The molecule has 118 valence electrons. The first-order valence-electron chi connectivity index (χ1n) is 8.56. The van der Waals surface area contributed by atoms with Crippen LogP contribution in [0.25, 0.3) is 5.57 Å². The Kier molecular flexibility index (Phi) is 4.00. The lowest BCUT2D eigenvalue weighted by Gasteiger charge is -2.45. The van der Waals surface area contributed by atoms with Crippen molar-refractivity contribution in [3.8, 4) is 0 Å². The van der Waals surface area contributed by atoms with E-state index in [0.29, 0.717) is 12.1 Å². The molecule has 2 unspecified atom stereocenters. The summed E-state index contributed by atoms with van der Waals surface area (Å²) in [6.07, 6.45) is 7.31. The lowest BCUT2D eigenvalue weighted by atomic mass is 9.82. The van der Waals surface area contributed by atoms with E-state index in [1.807, 2.05) is 12.1 Å². The second-order valence-electron chi connectivity index (χ2n) is 6.71. The van der Waals surface area contributed by atoms with Gasteiger partial charge in [-0.15, -0.1) is 0 Å². The van der Waals surface area contributed by atoms with Gasteiger partial charge in [-0.05, 0) is 48.1 Å². The third kappa shape index (κ3) is 3.09. The van der Waals surface area contributed by atoms with Crippen molar-refractivity contribution in [1.82, 2.24) is 4.90 Å². The average Bonchev–Trinajstić information content (AvgIpc) is 2.56. The summed E-state index contributed by atoms with van der Waals surface area (Å²) in [5, 5.41) is 0. The molecule has 0 aromatic heterocycles. The Hall–Kier alpha value is -1.93. The van der Waals surface area contributed by atoms with Gasteiger partial charge >= 0.3 is 0 Å². The van der Waals surface area contributed by atoms with Crippen LogP contribution in [0.15, 0.2) is 60.7 Å². The zero-order chi connectivity index (χ0) is 15.6. The second kappa shape index (κ2) is 6.29. The highest BCUT2D eigenvalue weighted by Gasteiger charge is 2.33. The number of halogens is 1. The highest BCUT2D eigenvalue weighted by molar-refractivity contribution is 5.67. The molecule has 2 aliphatic heterocycles. The van der Waals surface area contributed by atoms with Gasteiger partial charge in [0, 0.05) is 18.6 Å². The minimum atomic E-state index is -0.156. The minimum Gasteiger partial charge on any atom is -0.289 e. The van der Waals surface area contributed by atoms with E-state index < -0.39 is 0 Å². The maximum Gasteiger partial charge on any atom is 0.123 e. The molecule has 23 heavy (non-hydrogen) atoms. The molecule has 0 radical (unpaired) electrons. The number of fused-ring (bicyclic) bond motifs is 2. The molecular formula is C21H22FN. The Bertz CT molecular complexity index is 690. The number of hydrogen-bond donors (Lipinski definition) is 0. The first-order valence-corrected chi connectivity index (χ1v) is 8.56. The molecule has 4 rings (SSSR count). The molecule has 2 aromatic carbocycles. The van der Waals surface area contributed by atoms with E-state index >= 15 is 0 Å². The molecule has 1 fully saturated rings. The quantitative estimate of drug-likeness (QED) is 0.768. The maximum absolute atomic E-state index is 13.2. The van der Waals surface area contributed by atoms with Crippen molar-refractivity contribution in [1.29, 1.82) is 0 Å². The Morgan fingerprint density at radius 2 is 1.74 bits per heavy atom. The van der Waals surface area contributed by atoms with Gasteiger partial charge in [-0.2, -0.15) is 0 Å². The molecule has 2 aromatic rings. The van der Waals surface area contributed by atoms with Crippen LogP contribution >= 0.6 is 0 Å². The van der Waals surface area contributed by atoms with Crippen molar-refractivity contribution in [3.05, 3.63) is 77.6 Å². The minimum absolute atomic E-state index is 0.156. The number of rotatable bonds is 3. The molecule has 2 atom stereocenters. The molecule has 0 N–H and O–H groups in total. The van der Waals surface area contributed by atoms with Crippen LogP contribution < -0.4 is 0 Å². The molecule has 0 amide bonds. The van der Waals surface area contributed by atoms with E-state index in [4.69, 9.17) is 0 Å². The summed E-state index contributed by atoms with van der Waals surface area (Å²) in [5.41, 5.74) is 3.97. The number of nitrogens with zero attached hydrogens (tertiary/aromatic N) is 1. The van der Waals surface area contributed by atoms with Gasteiger partial charge in [0.1, 0.15) is 5.82 Å². The van der Waals surface area contributed by atoms with Crippen LogP contribution in [0.5, 0.6) is 0 Å². The molecule has 2 heterocycles. The zero-order valence-electron chi connectivity index (χ0n) is 13.3. The van der Waals surface area contributed by atoms with Gasteiger partial charge in [-0.1, -0.05) is 55.0 Å². The summed E-state index contributed by atoms with van der Waals surface area (Å²) in [6, 6.07) is 18.9.